The number of aliphatic hydroxyl groups excluding tert-OH is 2. The zero-order valence-electron chi connectivity index (χ0n) is 11.2. The average Bonchev–Trinajstić information content (AvgIpc) is 2.34. The molecule has 0 saturated heterocycles. The van der Waals surface area contributed by atoms with E-state index in [0.29, 0.717) is 12.4 Å². The van der Waals surface area contributed by atoms with Crippen molar-refractivity contribution in [3.8, 4) is 0 Å². The largest absolute Gasteiger partial charge is 0.390 e. The van der Waals surface area contributed by atoms with Crippen LogP contribution in [0.4, 0.5) is 0 Å². The Labute approximate surface area is 113 Å². The molecule has 0 aliphatic heterocycles. The fraction of sp³-hybridized carbons (Fsp3) is 0.571. The van der Waals surface area contributed by atoms with Gasteiger partial charge in [-0.25, -0.2) is 0 Å². The maximum absolute atomic E-state index is 9.72. The highest BCUT2D eigenvalue weighted by Crippen LogP contribution is 2.21. The summed E-state index contributed by atoms with van der Waals surface area (Å²) < 4.78 is 5.35. The molecular weight excluding hydrogens is 248 g/mol. The molecule has 2 unspecified atom stereocenters. The molecule has 0 heterocycles. The molecule has 3 nitrogen and oxygen atoms in total. The van der Waals surface area contributed by atoms with E-state index in [0.717, 1.165) is 10.5 Å². The van der Waals surface area contributed by atoms with Crippen LogP contribution in [0.5, 0.6) is 0 Å². The Morgan fingerprint density at radius 2 is 1.72 bits per heavy atom. The van der Waals surface area contributed by atoms with Gasteiger partial charge in [-0.3, -0.25) is 0 Å². The Morgan fingerprint density at radius 3 is 2.22 bits per heavy atom. The van der Waals surface area contributed by atoms with E-state index in [9.17, 15) is 10.2 Å². The van der Waals surface area contributed by atoms with Crippen LogP contribution in [0, 0.1) is 0 Å². The molecule has 0 radical (unpaired) electrons. The van der Waals surface area contributed by atoms with Crippen LogP contribution in [-0.4, -0.2) is 34.8 Å². The number of benzene rings is 1. The topological polar surface area (TPSA) is 49.7 Å². The van der Waals surface area contributed by atoms with E-state index in [1.165, 1.54) is 0 Å². The molecule has 0 fully saturated rings. The molecule has 0 spiro atoms. The van der Waals surface area contributed by atoms with E-state index in [1.54, 1.807) is 18.7 Å². The molecule has 0 amide bonds. The highest BCUT2D eigenvalue weighted by molar-refractivity contribution is 7.99. The van der Waals surface area contributed by atoms with Gasteiger partial charge in [-0.2, -0.15) is 0 Å². The molecule has 2 N–H and O–H groups in total. The lowest BCUT2D eigenvalue weighted by molar-refractivity contribution is 0.0152. The van der Waals surface area contributed by atoms with Gasteiger partial charge >= 0.3 is 0 Å². The SMILES string of the molecule is CC(C)OCC(O)CSc1ccc(C(C)O)cc1. The lowest BCUT2D eigenvalue weighted by atomic mass is 10.1. The van der Waals surface area contributed by atoms with Crippen LogP contribution in [0.2, 0.25) is 0 Å². The van der Waals surface area contributed by atoms with Crippen LogP contribution < -0.4 is 0 Å². The summed E-state index contributed by atoms with van der Waals surface area (Å²) in [7, 11) is 0. The first-order valence-corrected chi connectivity index (χ1v) is 7.18. The second-order valence-electron chi connectivity index (χ2n) is 4.59. The number of thioether (sulfide) groups is 1. The van der Waals surface area contributed by atoms with E-state index in [2.05, 4.69) is 0 Å². The third-order valence-electron chi connectivity index (χ3n) is 2.43. The Balaban J connectivity index is 2.34. The summed E-state index contributed by atoms with van der Waals surface area (Å²) in [5, 5.41) is 19.1. The first-order chi connectivity index (χ1) is 8.49. The fourth-order valence-corrected chi connectivity index (χ4v) is 2.20. The second kappa shape index (κ2) is 7.79. The number of aliphatic hydroxyl groups is 2. The number of hydrogen-bond acceptors (Lipinski definition) is 4. The summed E-state index contributed by atoms with van der Waals surface area (Å²) in [5.74, 6) is 0.612. The van der Waals surface area contributed by atoms with Crippen molar-refractivity contribution < 1.29 is 14.9 Å². The smallest absolute Gasteiger partial charge is 0.0867 e. The maximum Gasteiger partial charge on any atom is 0.0867 e. The van der Waals surface area contributed by atoms with Crippen LogP contribution in [0.3, 0.4) is 0 Å². The van der Waals surface area contributed by atoms with E-state index >= 15 is 0 Å². The molecule has 0 saturated carbocycles. The molecule has 0 aliphatic rings. The Kier molecular flexibility index (Phi) is 6.71. The third kappa shape index (κ3) is 5.87. The summed E-state index contributed by atoms with van der Waals surface area (Å²) in [6.07, 6.45) is -0.738. The second-order valence-corrected chi connectivity index (χ2v) is 5.69. The molecule has 1 aromatic carbocycles. The maximum atomic E-state index is 9.72. The summed E-state index contributed by atoms with van der Waals surface area (Å²) in [4.78, 5) is 1.09. The van der Waals surface area contributed by atoms with Crippen LogP contribution in [0.25, 0.3) is 0 Å². The van der Waals surface area contributed by atoms with Crippen LogP contribution in [0.15, 0.2) is 29.2 Å². The van der Waals surface area contributed by atoms with Crippen molar-refractivity contribution in [2.75, 3.05) is 12.4 Å². The molecule has 1 rings (SSSR count). The van der Waals surface area contributed by atoms with E-state index in [4.69, 9.17) is 4.74 Å². The quantitative estimate of drug-likeness (QED) is 0.748. The lowest BCUT2D eigenvalue weighted by Gasteiger charge is -2.13. The highest BCUT2D eigenvalue weighted by Gasteiger charge is 2.07. The Hall–Kier alpha value is -0.550. The summed E-state index contributed by atoms with van der Waals surface area (Å²) >= 11 is 1.59. The summed E-state index contributed by atoms with van der Waals surface area (Å²) in [6.45, 7) is 6.02. The molecule has 1 aromatic rings. The van der Waals surface area contributed by atoms with Crippen LogP contribution in [-0.2, 0) is 4.74 Å². The molecule has 0 aromatic heterocycles. The number of rotatable bonds is 7. The molecule has 102 valence electrons. The lowest BCUT2D eigenvalue weighted by Crippen LogP contribution is -2.20. The van der Waals surface area contributed by atoms with Crippen molar-refractivity contribution in [2.45, 2.75) is 44.0 Å². The first-order valence-electron chi connectivity index (χ1n) is 6.19. The van der Waals surface area contributed by atoms with Crippen LogP contribution >= 0.6 is 11.8 Å². The van der Waals surface area contributed by atoms with Crippen molar-refractivity contribution in [1.82, 2.24) is 0 Å². The predicted molar refractivity (Wildman–Crippen MR) is 74.9 cm³/mol. The Morgan fingerprint density at radius 1 is 1.11 bits per heavy atom. The predicted octanol–water partition coefficient (Wildman–Crippen LogP) is 2.62. The van der Waals surface area contributed by atoms with E-state index in [1.807, 2.05) is 38.1 Å². The van der Waals surface area contributed by atoms with Gasteiger partial charge in [-0.15, -0.1) is 11.8 Å². The molecule has 0 aliphatic carbocycles. The summed E-state index contributed by atoms with van der Waals surface area (Å²) in [5.41, 5.74) is 0.906. The van der Waals surface area contributed by atoms with E-state index in [-0.39, 0.29) is 6.10 Å². The summed E-state index contributed by atoms with van der Waals surface area (Å²) in [6, 6.07) is 7.74. The van der Waals surface area contributed by atoms with Gasteiger partial charge in [0.25, 0.3) is 0 Å². The zero-order valence-corrected chi connectivity index (χ0v) is 12.0. The molecule has 2 atom stereocenters. The minimum atomic E-state index is -0.450. The van der Waals surface area contributed by atoms with Gasteiger partial charge in [-0.05, 0) is 38.5 Å². The van der Waals surface area contributed by atoms with Crippen LogP contribution in [0.1, 0.15) is 32.4 Å². The standard InChI is InChI=1S/C14H22O3S/c1-10(2)17-8-13(16)9-18-14-6-4-12(5-7-14)11(3)15/h4-7,10-11,13,15-16H,8-9H2,1-3H3. The van der Waals surface area contributed by atoms with Gasteiger partial charge in [-0.1, -0.05) is 12.1 Å². The van der Waals surface area contributed by atoms with E-state index < -0.39 is 12.2 Å². The first kappa shape index (κ1) is 15.5. The van der Waals surface area contributed by atoms with Gasteiger partial charge in [0, 0.05) is 10.6 Å². The van der Waals surface area contributed by atoms with Gasteiger partial charge < -0.3 is 14.9 Å². The molecule has 4 heteroatoms. The fourth-order valence-electron chi connectivity index (χ4n) is 1.39. The number of ether oxygens (including phenoxy) is 1. The minimum absolute atomic E-state index is 0.148. The van der Waals surface area contributed by atoms with Crippen molar-refractivity contribution in [3.63, 3.8) is 0 Å². The molecule has 18 heavy (non-hydrogen) atoms. The van der Waals surface area contributed by atoms with Gasteiger partial charge in [0.15, 0.2) is 0 Å². The van der Waals surface area contributed by atoms with Gasteiger partial charge in [0.1, 0.15) is 0 Å². The minimum Gasteiger partial charge on any atom is -0.390 e. The highest BCUT2D eigenvalue weighted by atomic mass is 32.2. The third-order valence-corrected chi connectivity index (χ3v) is 3.58. The van der Waals surface area contributed by atoms with Gasteiger partial charge in [0.2, 0.25) is 0 Å². The number of hydrogen-bond donors (Lipinski definition) is 2. The van der Waals surface area contributed by atoms with Crippen molar-refractivity contribution in [1.29, 1.82) is 0 Å². The average molecular weight is 270 g/mol. The van der Waals surface area contributed by atoms with Crippen molar-refractivity contribution in [2.24, 2.45) is 0 Å². The normalized spacial score (nSPS) is 14.8. The van der Waals surface area contributed by atoms with Gasteiger partial charge in [0.05, 0.1) is 24.9 Å². The van der Waals surface area contributed by atoms with Crippen molar-refractivity contribution >= 4 is 11.8 Å². The van der Waals surface area contributed by atoms with Crippen molar-refractivity contribution in [3.05, 3.63) is 29.8 Å². The Bertz CT molecular complexity index is 335. The molecule has 0 bridgehead atoms. The zero-order chi connectivity index (χ0) is 13.5. The molecular formula is C14H22O3S. The monoisotopic (exact) mass is 270 g/mol.